The van der Waals surface area contributed by atoms with Crippen LogP contribution in [0.4, 0.5) is 0 Å². The van der Waals surface area contributed by atoms with E-state index in [1.54, 1.807) is 11.1 Å². The van der Waals surface area contributed by atoms with Gasteiger partial charge in [0.05, 0.1) is 0 Å². The van der Waals surface area contributed by atoms with E-state index >= 15 is 0 Å². The van der Waals surface area contributed by atoms with E-state index in [-0.39, 0.29) is 0 Å². The van der Waals surface area contributed by atoms with Gasteiger partial charge in [0.2, 0.25) is 0 Å². The van der Waals surface area contributed by atoms with Crippen molar-refractivity contribution in [2.45, 2.75) is 37.1 Å². The second kappa shape index (κ2) is 7.15. The van der Waals surface area contributed by atoms with Crippen molar-refractivity contribution in [1.82, 2.24) is 5.32 Å². The van der Waals surface area contributed by atoms with Crippen molar-refractivity contribution in [3.63, 3.8) is 0 Å². The maximum Gasteiger partial charge on any atom is 0.0415 e. The molecule has 1 unspecified atom stereocenters. The lowest BCUT2D eigenvalue weighted by Crippen LogP contribution is -2.22. The van der Waals surface area contributed by atoms with Crippen molar-refractivity contribution in [2.75, 3.05) is 12.3 Å². The Morgan fingerprint density at radius 1 is 1.05 bits per heavy atom. The average Bonchev–Trinajstić information content (AvgIpc) is 3.00. The van der Waals surface area contributed by atoms with E-state index in [1.165, 1.54) is 29.7 Å². The van der Waals surface area contributed by atoms with Crippen LogP contribution in [0.25, 0.3) is 0 Å². The minimum atomic E-state index is 0.425. The maximum absolute atomic E-state index is 3.60. The molecule has 2 heteroatoms. The van der Waals surface area contributed by atoms with Gasteiger partial charge in [0.25, 0.3) is 0 Å². The zero-order chi connectivity index (χ0) is 14.5. The molecule has 0 fully saturated rings. The molecule has 0 amide bonds. The minimum Gasteiger partial charge on any atom is -0.309 e. The second-order valence-electron chi connectivity index (χ2n) is 5.62. The number of rotatable bonds is 6. The highest BCUT2D eigenvalue weighted by Crippen LogP contribution is 2.29. The van der Waals surface area contributed by atoms with Gasteiger partial charge >= 0.3 is 0 Å². The van der Waals surface area contributed by atoms with Crippen LogP contribution in [0.3, 0.4) is 0 Å². The molecule has 1 nitrogen and oxygen atoms in total. The zero-order valence-corrected chi connectivity index (χ0v) is 13.5. The molecule has 1 aliphatic carbocycles. The summed E-state index contributed by atoms with van der Waals surface area (Å²) in [5.74, 6) is 1.08. The van der Waals surface area contributed by atoms with Gasteiger partial charge in [-0.05, 0) is 54.6 Å². The van der Waals surface area contributed by atoms with Crippen LogP contribution < -0.4 is 5.32 Å². The first kappa shape index (κ1) is 14.7. The highest BCUT2D eigenvalue weighted by Gasteiger charge is 2.13. The largest absolute Gasteiger partial charge is 0.309 e. The van der Waals surface area contributed by atoms with E-state index < -0.39 is 0 Å². The molecule has 1 atom stereocenters. The van der Waals surface area contributed by atoms with E-state index in [9.17, 15) is 0 Å². The Morgan fingerprint density at radius 3 is 2.67 bits per heavy atom. The van der Waals surface area contributed by atoms with Crippen LogP contribution in [-0.4, -0.2) is 12.3 Å². The number of benzene rings is 2. The van der Waals surface area contributed by atoms with Crippen molar-refractivity contribution < 1.29 is 0 Å². The van der Waals surface area contributed by atoms with Gasteiger partial charge in [0.15, 0.2) is 0 Å². The summed E-state index contributed by atoms with van der Waals surface area (Å²) < 4.78 is 0. The van der Waals surface area contributed by atoms with E-state index in [1.807, 2.05) is 11.8 Å². The average molecular weight is 297 g/mol. The van der Waals surface area contributed by atoms with Crippen LogP contribution in [0, 0.1) is 0 Å². The predicted molar refractivity (Wildman–Crippen MR) is 92.1 cm³/mol. The molecule has 1 N–H and O–H groups in total. The third-order valence-electron chi connectivity index (χ3n) is 4.14. The molecule has 0 saturated heterocycles. The van der Waals surface area contributed by atoms with Gasteiger partial charge in [-0.1, -0.05) is 43.3 Å². The van der Waals surface area contributed by atoms with Crippen molar-refractivity contribution >= 4 is 11.8 Å². The van der Waals surface area contributed by atoms with E-state index in [4.69, 9.17) is 0 Å². The molecule has 0 saturated carbocycles. The maximum atomic E-state index is 3.60. The molecule has 0 bridgehead atoms. The number of hydrogen-bond donors (Lipinski definition) is 1. The van der Waals surface area contributed by atoms with Crippen LogP contribution >= 0.6 is 11.8 Å². The van der Waals surface area contributed by atoms with Gasteiger partial charge in [-0.3, -0.25) is 0 Å². The van der Waals surface area contributed by atoms with Gasteiger partial charge in [-0.2, -0.15) is 0 Å². The van der Waals surface area contributed by atoms with Gasteiger partial charge < -0.3 is 5.32 Å². The first-order chi connectivity index (χ1) is 10.4. The number of thioether (sulfide) groups is 1. The fourth-order valence-electron chi connectivity index (χ4n) is 3.02. The molecular formula is C19H23NS. The predicted octanol–water partition coefficient (Wildman–Crippen LogP) is 4.62. The standard InChI is InChI=1S/C19H23NS/c1-2-20-19(16-7-4-3-5-8-16)14-21-18-12-11-15-9-6-10-17(15)13-18/h3-5,7-8,11-13,19-20H,2,6,9-10,14H2,1H3. The summed E-state index contributed by atoms with van der Waals surface area (Å²) in [7, 11) is 0. The van der Waals surface area contributed by atoms with Crippen LogP contribution in [0.15, 0.2) is 53.4 Å². The number of aryl methyl sites for hydroxylation is 2. The monoisotopic (exact) mass is 297 g/mol. The van der Waals surface area contributed by atoms with E-state index in [0.29, 0.717) is 6.04 Å². The van der Waals surface area contributed by atoms with Gasteiger partial charge in [0, 0.05) is 16.7 Å². The summed E-state index contributed by atoms with van der Waals surface area (Å²) >= 11 is 1.97. The normalized spacial score (nSPS) is 14.9. The molecule has 3 rings (SSSR count). The Balaban J connectivity index is 1.67. The molecule has 110 valence electrons. The summed E-state index contributed by atoms with van der Waals surface area (Å²) in [6, 6.07) is 18.2. The third-order valence-corrected chi connectivity index (χ3v) is 5.23. The van der Waals surface area contributed by atoms with E-state index in [0.717, 1.165) is 12.3 Å². The topological polar surface area (TPSA) is 12.0 Å². The SMILES string of the molecule is CCNC(CSc1ccc2c(c1)CCC2)c1ccccc1. The Labute approximate surface area is 132 Å². The smallest absolute Gasteiger partial charge is 0.0415 e. The summed E-state index contributed by atoms with van der Waals surface area (Å²) in [5.41, 5.74) is 4.51. The van der Waals surface area contributed by atoms with Crippen LogP contribution in [0.1, 0.15) is 36.1 Å². The Bertz CT molecular complexity index is 579. The molecule has 0 radical (unpaired) electrons. The molecular weight excluding hydrogens is 274 g/mol. The Morgan fingerprint density at radius 2 is 1.86 bits per heavy atom. The number of fused-ring (bicyclic) bond motifs is 1. The lowest BCUT2D eigenvalue weighted by atomic mass is 10.1. The Hall–Kier alpha value is -1.25. The summed E-state index contributed by atoms with van der Waals surface area (Å²) in [6.07, 6.45) is 3.86. The molecule has 0 aromatic heterocycles. The molecule has 0 heterocycles. The molecule has 2 aromatic carbocycles. The zero-order valence-electron chi connectivity index (χ0n) is 12.6. The van der Waals surface area contributed by atoms with Gasteiger partial charge in [0.1, 0.15) is 0 Å². The summed E-state index contributed by atoms with van der Waals surface area (Å²) in [4.78, 5) is 1.41. The quantitative estimate of drug-likeness (QED) is 0.781. The minimum absolute atomic E-state index is 0.425. The van der Waals surface area contributed by atoms with Crippen molar-refractivity contribution in [1.29, 1.82) is 0 Å². The summed E-state index contributed by atoms with van der Waals surface area (Å²) in [5, 5.41) is 3.60. The van der Waals surface area contributed by atoms with Crippen LogP contribution in [0.2, 0.25) is 0 Å². The number of nitrogens with one attached hydrogen (secondary N) is 1. The first-order valence-corrected chi connectivity index (χ1v) is 8.88. The fourth-order valence-corrected chi connectivity index (χ4v) is 4.08. The van der Waals surface area contributed by atoms with Gasteiger partial charge in [-0.15, -0.1) is 11.8 Å². The highest BCUT2D eigenvalue weighted by atomic mass is 32.2. The Kier molecular flexibility index (Phi) is 5.00. The highest BCUT2D eigenvalue weighted by molar-refractivity contribution is 7.99. The number of hydrogen-bond acceptors (Lipinski definition) is 2. The molecule has 2 aromatic rings. The molecule has 0 spiro atoms. The van der Waals surface area contributed by atoms with Crippen molar-refractivity contribution in [2.24, 2.45) is 0 Å². The molecule has 1 aliphatic rings. The fraction of sp³-hybridized carbons (Fsp3) is 0.368. The first-order valence-electron chi connectivity index (χ1n) is 7.89. The lowest BCUT2D eigenvalue weighted by Gasteiger charge is -2.18. The molecule has 21 heavy (non-hydrogen) atoms. The molecule has 0 aliphatic heterocycles. The van der Waals surface area contributed by atoms with Crippen LogP contribution in [0.5, 0.6) is 0 Å². The van der Waals surface area contributed by atoms with Crippen molar-refractivity contribution in [3.8, 4) is 0 Å². The lowest BCUT2D eigenvalue weighted by molar-refractivity contribution is 0.606. The summed E-state index contributed by atoms with van der Waals surface area (Å²) in [6.45, 7) is 3.18. The third kappa shape index (κ3) is 3.69. The van der Waals surface area contributed by atoms with Gasteiger partial charge in [-0.25, -0.2) is 0 Å². The second-order valence-corrected chi connectivity index (χ2v) is 6.71. The van der Waals surface area contributed by atoms with E-state index in [2.05, 4.69) is 60.8 Å². The van der Waals surface area contributed by atoms with Crippen LogP contribution in [-0.2, 0) is 12.8 Å². The van der Waals surface area contributed by atoms with Crippen molar-refractivity contribution in [3.05, 3.63) is 65.2 Å².